The Morgan fingerprint density at radius 1 is 1.17 bits per heavy atom. The Bertz CT molecular complexity index is 945. The second-order valence-electron chi connectivity index (χ2n) is 4.95. The molecule has 5 nitrogen and oxygen atoms in total. The van der Waals surface area contributed by atoms with Crippen molar-refractivity contribution in [1.82, 2.24) is 24.7 Å². The number of nitrogens with zero attached hydrogens (tertiary/aromatic N) is 5. The molecule has 0 spiro atoms. The van der Waals surface area contributed by atoms with E-state index >= 15 is 0 Å². The van der Waals surface area contributed by atoms with Gasteiger partial charge in [-0.3, -0.25) is 0 Å². The van der Waals surface area contributed by atoms with Crippen LogP contribution in [0.2, 0.25) is 0 Å². The summed E-state index contributed by atoms with van der Waals surface area (Å²) < 4.78 is 1.84. The maximum absolute atomic E-state index is 4.49. The van der Waals surface area contributed by atoms with Gasteiger partial charge in [0.1, 0.15) is 11.4 Å². The number of thiazole rings is 1. The third kappa shape index (κ3) is 2.85. The molecule has 7 heteroatoms. The van der Waals surface area contributed by atoms with Crippen LogP contribution in [0.4, 0.5) is 0 Å². The average molecular weight is 339 g/mol. The first kappa shape index (κ1) is 14.3. The zero-order valence-corrected chi connectivity index (χ0v) is 14.0. The Morgan fingerprint density at radius 3 is 2.83 bits per heavy atom. The number of hydrogen-bond donors (Lipinski definition) is 0. The molecule has 0 amide bonds. The summed E-state index contributed by atoms with van der Waals surface area (Å²) in [5.74, 6) is 0.799. The SMILES string of the molecule is Cc1nc(CSc2ncnc3c2cnn3-c2ccccc2)cs1. The molecule has 0 N–H and O–H groups in total. The normalized spacial score (nSPS) is 11.2. The highest BCUT2D eigenvalue weighted by molar-refractivity contribution is 7.98. The van der Waals surface area contributed by atoms with Gasteiger partial charge in [0, 0.05) is 11.1 Å². The summed E-state index contributed by atoms with van der Waals surface area (Å²) in [7, 11) is 0. The van der Waals surface area contributed by atoms with Crippen LogP contribution in [0.25, 0.3) is 16.7 Å². The second kappa shape index (κ2) is 6.10. The fourth-order valence-corrected chi connectivity index (χ4v) is 3.88. The summed E-state index contributed by atoms with van der Waals surface area (Å²) in [4.78, 5) is 13.3. The van der Waals surface area contributed by atoms with Crippen molar-refractivity contribution in [3.63, 3.8) is 0 Å². The molecule has 0 unspecified atom stereocenters. The quantitative estimate of drug-likeness (QED) is 0.417. The van der Waals surface area contributed by atoms with Crippen molar-refractivity contribution in [1.29, 1.82) is 0 Å². The number of para-hydroxylation sites is 1. The van der Waals surface area contributed by atoms with Crippen molar-refractivity contribution in [2.24, 2.45) is 0 Å². The molecule has 0 saturated carbocycles. The summed E-state index contributed by atoms with van der Waals surface area (Å²) in [5, 5.41) is 9.55. The lowest BCUT2D eigenvalue weighted by molar-refractivity contribution is 0.893. The largest absolute Gasteiger partial charge is 0.246 e. The predicted molar refractivity (Wildman–Crippen MR) is 93.1 cm³/mol. The molecule has 0 aliphatic rings. The van der Waals surface area contributed by atoms with E-state index in [4.69, 9.17) is 0 Å². The van der Waals surface area contributed by atoms with E-state index in [1.807, 2.05) is 48.1 Å². The van der Waals surface area contributed by atoms with Gasteiger partial charge in [0.05, 0.1) is 28.0 Å². The van der Waals surface area contributed by atoms with Crippen molar-refractivity contribution < 1.29 is 0 Å². The standard InChI is InChI=1S/C16H13N5S2/c1-11-20-12(8-22-11)9-23-16-14-7-19-21(15(14)17-10-18-16)13-5-3-2-4-6-13/h2-8,10H,9H2,1H3. The summed E-state index contributed by atoms with van der Waals surface area (Å²) in [6.07, 6.45) is 3.43. The van der Waals surface area contributed by atoms with Gasteiger partial charge in [0.25, 0.3) is 0 Å². The highest BCUT2D eigenvalue weighted by Crippen LogP contribution is 2.28. The third-order valence-electron chi connectivity index (χ3n) is 3.35. The van der Waals surface area contributed by atoms with Gasteiger partial charge < -0.3 is 0 Å². The van der Waals surface area contributed by atoms with Crippen LogP contribution in [0.1, 0.15) is 10.7 Å². The van der Waals surface area contributed by atoms with E-state index < -0.39 is 0 Å². The van der Waals surface area contributed by atoms with Gasteiger partial charge in [0.15, 0.2) is 5.65 Å². The van der Waals surface area contributed by atoms with Crippen LogP contribution in [-0.4, -0.2) is 24.7 Å². The van der Waals surface area contributed by atoms with Gasteiger partial charge in [-0.25, -0.2) is 19.6 Å². The molecular weight excluding hydrogens is 326 g/mol. The van der Waals surface area contributed by atoms with E-state index in [0.29, 0.717) is 0 Å². The molecule has 0 radical (unpaired) electrons. The molecular formula is C16H13N5S2. The Morgan fingerprint density at radius 2 is 2.04 bits per heavy atom. The summed E-state index contributed by atoms with van der Waals surface area (Å²) in [6.45, 7) is 2.02. The molecule has 0 aliphatic carbocycles. The fourth-order valence-electron chi connectivity index (χ4n) is 2.31. The third-order valence-corrected chi connectivity index (χ3v) is 5.21. The number of rotatable bonds is 4. The Hall–Kier alpha value is -2.25. The maximum atomic E-state index is 4.49. The summed E-state index contributed by atoms with van der Waals surface area (Å²) in [5.41, 5.74) is 2.90. The van der Waals surface area contributed by atoms with Crippen molar-refractivity contribution >= 4 is 34.1 Å². The molecule has 3 heterocycles. The lowest BCUT2D eigenvalue weighted by Gasteiger charge is -2.03. The molecule has 23 heavy (non-hydrogen) atoms. The number of benzene rings is 1. The smallest absolute Gasteiger partial charge is 0.167 e. The zero-order chi connectivity index (χ0) is 15.6. The van der Waals surface area contributed by atoms with Crippen LogP contribution in [-0.2, 0) is 5.75 Å². The van der Waals surface area contributed by atoms with E-state index in [1.165, 1.54) is 0 Å². The number of hydrogen-bond acceptors (Lipinski definition) is 6. The Kier molecular flexibility index (Phi) is 3.80. The van der Waals surface area contributed by atoms with Crippen LogP contribution in [0.3, 0.4) is 0 Å². The minimum atomic E-state index is 0.799. The van der Waals surface area contributed by atoms with E-state index in [9.17, 15) is 0 Å². The Balaban J connectivity index is 1.67. The summed E-state index contributed by atoms with van der Waals surface area (Å²) in [6, 6.07) is 9.99. The first-order chi connectivity index (χ1) is 11.3. The van der Waals surface area contributed by atoms with E-state index in [1.54, 1.807) is 29.4 Å². The van der Waals surface area contributed by atoms with Gasteiger partial charge >= 0.3 is 0 Å². The molecule has 0 fully saturated rings. The van der Waals surface area contributed by atoms with Gasteiger partial charge in [-0.1, -0.05) is 30.0 Å². The molecule has 114 valence electrons. The van der Waals surface area contributed by atoms with E-state index in [2.05, 4.69) is 25.4 Å². The number of aryl methyl sites for hydroxylation is 1. The van der Waals surface area contributed by atoms with Crippen LogP contribution >= 0.6 is 23.1 Å². The van der Waals surface area contributed by atoms with Crippen molar-refractivity contribution in [3.8, 4) is 5.69 Å². The van der Waals surface area contributed by atoms with Gasteiger partial charge in [-0.15, -0.1) is 11.3 Å². The molecule has 1 aromatic carbocycles. The van der Waals surface area contributed by atoms with Crippen molar-refractivity contribution in [2.75, 3.05) is 0 Å². The van der Waals surface area contributed by atoms with E-state index in [-0.39, 0.29) is 0 Å². The van der Waals surface area contributed by atoms with Crippen LogP contribution < -0.4 is 0 Å². The minimum Gasteiger partial charge on any atom is -0.246 e. The van der Waals surface area contributed by atoms with E-state index in [0.717, 1.165) is 38.2 Å². The molecule has 0 bridgehead atoms. The van der Waals surface area contributed by atoms with Gasteiger partial charge in [-0.05, 0) is 19.1 Å². The van der Waals surface area contributed by atoms with Crippen LogP contribution in [0.15, 0.2) is 53.3 Å². The first-order valence-corrected chi connectivity index (χ1v) is 8.96. The Labute approximate surface area is 141 Å². The average Bonchev–Trinajstić information content (AvgIpc) is 3.20. The topological polar surface area (TPSA) is 56.5 Å². The first-order valence-electron chi connectivity index (χ1n) is 7.09. The lowest BCUT2D eigenvalue weighted by atomic mass is 10.3. The molecule has 0 saturated heterocycles. The predicted octanol–water partition coefficient (Wildman–Crippen LogP) is 3.87. The van der Waals surface area contributed by atoms with Gasteiger partial charge in [-0.2, -0.15) is 5.10 Å². The highest BCUT2D eigenvalue weighted by atomic mass is 32.2. The molecule has 4 aromatic rings. The number of fused-ring (bicyclic) bond motifs is 1. The zero-order valence-electron chi connectivity index (χ0n) is 12.4. The highest BCUT2D eigenvalue weighted by Gasteiger charge is 2.12. The molecule has 4 rings (SSSR count). The lowest BCUT2D eigenvalue weighted by Crippen LogP contribution is -1.97. The fraction of sp³-hybridized carbons (Fsp3) is 0.125. The van der Waals surface area contributed by atoms with Crippen LogP contribution in [0.5, 0.6) is 0 Å². The van der Waals surface area contributed by atoms with Crippen molar-refractivity contribution in [2.45, 2.75) is 17.7 Å². The monoisotopic (exact) mass is 339 g/mol. The second-order valence-corrected chi connectivity index (χ2v) is 6.98. The maximum Gasteiger partial charge on any atom is 0.167 e. The van der Waals surface area contributed by atoms with Crippen LogP contribution in [0, 0.1) is 6.92 Å². The summed E-state index contributed by atoms with van der Waals surface area (Å²) >= 11 is 3.34. The van der Waals surface area contributed by atoms with Gasteiger partial charge in [0.2, 0.25) is 0 Å². The van der Waals surface area contributed by atoms with Crippen molar-refractivity contribution in [3.05, 3.63) is 58.9 Å². The molecule has 0 aliphatic heterocycles. The molecule has 0 atom stereocenters. The number of thioether (sulfide) groups is 1. The number of aromatic nitrogens is 5. The molecule has 3 aromatic heterocycles. The minimum absolute atomic E-state index is 0.799.